The molecule has 5 nitrogen and oxygen atoms in total. The minimum Gasteiger partial charge on any atom is -0.370 e. The fourth-order valence-corrected chi connectivity index (χ4v) is 3.99. The molecule has 1 aromatic carbocycles. The number of halogens is 3. The molecule has 0 aliphatic heterocycles. The second kappa shape index (κ2) is 7.73. The van der Waals surface area contributed by atoms with Crippen molar-refractivity contribution in [3.63, 3.8) is 0 Å². The lowest BCUT2D eigenvalue weighted by atomic mass is 10.1. The van der Waals surface area contributed by atoms with E-state index in [9.17, 15) is 17.2 Å². The van der Waals surface area contributed by atoms with E-state index >= 15 is 0 Å². The van der Waals surface area contributed by atoms with Crippen molar-refractivity contribution in [3.8, 4) is 0 Å². The first kappa shape index (κ1) is 20.1. The van der Waals surface area contributed by atoms with Crippen LogP contribution < -0.4 is 11.1 Å². The zero-order chi connectivity index (χ0) is 16.4. The van der Waals surface area contributed by atoms with Gasteiger partial charge in [-0.25, -0.2) is 17.2 Å². The smallest absolute Gasteiger partial charge is 0.193 e. The summed E-state index contributed by atoms with van der Waals surface area (Å²) >= 11 is 0. The molecule has 0 saturated heterocycles. The zero-order valence-electron chi connectivity index (χ0n) is 12.7. The molecule has 0 heterocycles. The molecule has 1 fully saturated rings. The third kappa shape index (κ3) is 4.75. The van der Waals surface area contributed by atoms with E-state index in [1.165, 1.54) is 6.26 Å². The fraction of sp³-hybridized carbons (Fsp3) is 0.500. The Morgan fingerprint density at radius 3 is 2.52 bits per heavy atom. The molecule has 0 aromatic heterocycles. The number of rotatable bonds is 4. The van der Waals surface area contributed by atoms with Gasteiger partial charge in [0.25, 0.3) is 0 Å². The minimum absolute atomic E-state index is 0. The summed E-state index contributed by atoms with van der Waals surface area (Å²) in [6, 6.07) is 2.92. The van der Waals surface area contributed by atoms with E-state index in [0.29, 0.717) is 12.8 Å². The van der Waals surface area contributed by atoms with Crippen LogP contribution in [0.5, 0.6) is 0 Å². The highest BCUT2D eigenvalue weighted by atomic mass is 127. The topological polar surface area (TPSA) is 84.5 Å². The molecule has 0 radical (unpaired) electrons. The van der Waals surface area contributed by atoms with Gasteiger partial charge in [-0.2, -0.15) is 0 Å². The summed E-state index contributed by atoms with van der Waals surface area (Å²) in [7, 11) is -3.27. The van der Waals surface area contributed by atoms with Crippen molar-refractivity contribution in [2.24, 2.45) is 10.7 Å². The van der Waals surface area contributed by atoms with E-state index in [0.717, 1.165) is 31.0 Å². The third-order valence-electron chi connectivity index (χ3n) is 4.03. The molecule has 23 heavy (non-hydrogen) atoms. The summed E-state index contributed by atoms with van der Waals surface area (Å²) in [6.07, 6.45) is 3.93. The number of nitrogens with zero attached hydrogens (tertiary/aromatic N) is 1. The van der Waals surface area contributed by atoms with Crippen molar-refractivity contribution in [2.45, 2.75) is 30.4 Å². The molecule has 0 amide bonds. The predicted molar refractivity (Wildman–Crippen MR) is 97.9 cm³/mol. The van der Waals surface area contributed by atoms with Gasteiger partial charge in [0.05, 0.1) is 17.0 Å². The van der Waals surface area contributed by atoms with Crippen LogP contribution in [0.4, 0.5) is 14.5 Å². The molecular weight excluding hydrogens is 439 g/mol. The van der Waals surface area contributed by atoms with E-state index in [2.05, 4.69) is 10.3 Å². The van der Waals surface area contributed by atoms with Crippen LogP contribution in [0, 0.1) is 11.6 Å². The Balaban J connectivity index is 0.00000264. The molecule has 0 bridgehead atoms. The Morgan fingerprint density at radius 1 is 1.35 bits per heavy atom. The number of benzene rings is 1. The van der Waals surface area contributed by atoms with Gasteiger partial charge >= 0.3 is 0 Å². The van der Waals surface area contributed by atoms with Gasteiger partial charge in [-0.05, 0) is 25.0 Å². The molecule has 1 aliphatic rings. The zero-order valence-corrected chi connectivity index (χ0v) is 15.8. The first-order valence-corrected chi connectivity index (χ1v) is 8.84. The van der Waals surface area contributed by atoms with Gasteiger partial charge in [-0.1, -0.05) is 12.8 Å². The summed E-state index contributed by atoms with van der Waals surface area (Å²) in [5, 5.41) is 2.46. The molecule has 0 atom stereocenters. The molecular formula is C14H20F2IN3O2S. The average molecular weight is 459 g/mol. The molecule has 3 N–H and O–H groups in total. The van der Waals surface area contributed by atoms with Gasteiger partial charge in [-0.3, -0.25) is 4.99 Å². The number of guanidine groups is 1. The van der Waals surface area contributed by atoms with Crippen molar-refractivity contribution in [3.05, 3.63) is 29.8 Å². The van der Waals surface area contributed by atoms with Gasteiger partial charge < -0.3 is 11.1 Å². The van der Waals surface area contributed by atoms with Crippen LogP contribution in [0.25, 0.3) is 0 Å². The number of nitrogens with one attached hydrogen (secondary N) is 1. The van der Waals surface area contributed by atoms with Crippen LogP contribution in [0.1, 0.15) is 25.7 Å². The quantitative estimate of drug-likeness (QED) is 0.412. The normalized spacial score (nSPS) is 17.6. The van der Waals surface area contributed by atoms with Crippen molar-refractivity contribution >= 4 is 45.5 Å². The van der Waals surface area contributed by atoms with Crippen molar-refractivity contribution < 1.29 is 17.2 Å². The Bertz CT molecular complexity index is 689. The highest BCUT2D eigenvalue weighted by Gasteiger charge is 2.43. The second-order valence-electron chi connectivity index (χ2n) is 5.61. The summed E-state index contributed by atoms with van der Waals surface area (Å²) in [5.74, 6) is -1.42. The molecule has 1 aromatic rings. The Hall–Kier alpha value is -0.970. The molecule has 9 heteroatoms. The monoisotopic (exact) mass is 459 g/mol. The lowest BCUT2D eigenvalue weighted by molar-refractivity contribution is 0.521. The highest BCUT2D eigenvalue weighted by molar-refractivity contribution is 14.0. The SMILES string of the molecule is CS(=O)(=O)C1(CN=C(N)Nc2cc(F)ccc2F)CCCC1.I. The van der Waals surface area contributed by atoms with Crippen LogP contribution in [0.2, 0.25) is 0 Å². The molecule has 0 unspecified atom stereocenters. The maximum atomic E-state index is 13.5. The molecule has 0 spiro atoms. The summed E-state index contributed by atoms with van der Waals surface area (Å²) < 4.78 is 49.6. The summed E-state index contributed by atoms with van der Waals surface area (Å²) in [6.45, 7) is 0.0155. The van der Waals surface area contributed by atoms with E-state index in [1.54, 1.807) is 0 Å². The standard InChI is InChI=1S/C14H19F2N3O2S.HI/c1-22(20,21)14(6-2-3-7-14)9-18-13(17)19-12-8-10(15)4-5-11(12)16;/h4-5,8H,2-3,6-7,9H2,1H3,(H3,17,18,19);1H. The van der Waals surface area contributed by atoms with Gasteiger partial charge in [-0.15, -0.1) is 24.0 Å². The number of sulfone groups is 1. The number of anilines is 1. The van der Waals surface area contributed by atoms with E-state index in [1.807, 2.05) is 0 Å². The Labute approximate surface area is 151 Å². The van der Waals surface area contributed by atoms with E-state index < -0.39 is 26.2 Å². The average Bonchev–Trinajstić information content (AvgIpc) is 2.90. The summed E-state index contributed by atoms with van der Waals surface area (Å²) in [4.78, 5) is 4.03. The predicted octanol–water partition coefficient (Wildman–Crippen LogP) is 2.67. The van der Waals surface area contributed by atoms with E-state index in [-0.39, 0.29) is 42.2 Å². The lowest BCUT2D eigenvalue weighted by Gasteiger charge is -2.24. The van der Waals surface area contributed by atoms with Crippen LogP contribution in [0.3, 0.4) is 0 Å². The number of hydrogen-bond acceptors (Lipinski definition) is 3. The number of hydrogen-bond donors (Lipinski definition) is 2. The highest BCUT2D eigenvalue weighted by Crippen LogP contribution is 2.36. The minimum atomic E-state index is -3.27. The van der Waals surface area contributed by atoms with Gasteiger partial charge in [0.1, 0.15) is 11.6 Å². The Kier molecular flexibility index (Phi) is 6.75. The van der Waals surface area contributed by atoms with Gasteiger partial charge in [0, 0.05) is 12.3 Å². The molecule has 2 rings (SSSR count). The van der Waals surface area contributed by atoms with Crippen LogP contribution >= 0.6 is 24.0 Å². The number of nitrogens with two attached hydrogens (primary N) is 1. The van der Waals surface area contributed by atoms with Gasteiger partial charge in [0.15, 0.2) is 15.8 Å². The molecule has 130 valence electrons. The van der Waals surface area contributed by atoms with Crippen LogP contribution in [-0.4, -0.2) is 31.9 Å². The maximum absolute atomic E-state index is 13.5. The number of aliphatic imine (C=N–C) groups is 1. The molecule has 1 saturated carbocycles. The fourth-order valence-electron chi connectivity index (χ4n) is 2.67. The molecule has 1 aliphatic carbocycles. The van der Waals surface area contributed by atoms with Crippen molar-refractivity contribution in [2.75, 3.05) is 18.1 Å². The van der Waals surface area contributed by atoms with Crippen LogP contribution in [-0.2, 0) is 9.84 Å². The Morgan fingerprint density at radius 2 is 1.96 bits per heavy atom. The van der Waals surface area contributed by atoms with Gasteiger partial charge in [0.2, 0.25) is 0 Å². The first-order chi connectivity index (χ1) is 10.2. The van der Waals surface area contributed by atoms with E-state index in [4.69, 9.17) is 5.73 Å². The maximum Gasteiger partial charge on any atom is 0.193 e. The third-order valence-corrected chi connectivity index (χ3v) is 6.14. The largest absolute Gasteiger partial charge is 0.370 e. The van der Waals surface area contributed by atoms with Crippen molar-refractivity contribution in [1.82, 2.24) is 0 Å². The second-order valence-corrected chi connectivity index (χ2v) is 8.02. The first-order valence-electron chi connectivity index (χ1n) is 6.95. The lowest BCUT2D eigenvalue weighted by Crippen LogP contribution is -2.39. The van der Waals surface area contributed by atoms with Crippen molar-refractivity contribution in [1.29, 1.82) is 0 Å². The van der Waals surface area contributed by atoms with Crippen LogP contribution in [0.15, 0.2) is 23.2 Å². The summed E-state index contributed by atoms with van der Waals surface area (Å²) in [5.41, 5.74) is 5.52.